The zero-order valence-corrected chi connectivity index (χ0v) is 4.06. The van der Waals surface area contributed by atoms with Gasteiger partial charge in [0, 0.05) is 0 Å². The highest BCUT2D eigenvalue weighted by atomic mass is 31.2. The molecule has 0 heterocycles. The Morgan fingerprint density at radius 2 is 2.14 bits per heavy atom. The molecule has 0 bridgehead atoms. The van der Waals surface area contributed by atoms with Gasteiger partial charge in [0.25, 0.3) is 0 Å². The first-order valence-electron chi connectivity index (χ1n) is 1.29. The highest BCUT2D eigenvalue weighted by molar-refractivity contribution is 7.43. The zero-order valence-electron chi connectivity index (χ0n) is 3.17. The van der Waals surface area contributed by atoms with E-state index in [1.807, 2.05) is 0 Å². The van der Waals surface area contributed by atoms with Crippen molar-refractivity contribution in [1.29, 1.82) is 0 Å². The molecular weight excluding hydrogens is 126 g/mol. The van der Waals surface area contributed by atoms with Crippen LogP contribution in [0.5, 0.6) is 0 Å². The van der Waals surface area contributed by atoms with Gasteiger partial charge in [0.05, 0.1) is 7.82 Å². The highest BCUT2D eigenvalue weighted by Crippen LogP contribution is 2.23. The molecule has 0 spiro atoms. The van der Waals surface area contributed by atoms with E-state index in [-0.39, 0.29) is 0 Å². The van der Waals surface area contributed by atoms with Crippen molar-refractivity contribution in [2.24, 2.45) is 0 Å². The Hall–Kier alpha value is 0.0400. The molecule has 44 valence electrons. The van der Waals surface area contributed by atoms with Gasteiger partial charge in [-0.25, -0.2) is 4.39 Å². The summed E-state index contributed by atoms with van der Waals surface area (Å²) in [6.07, 6.45) is 0. The maximum Gasteiger partial charge on any atom is 0.192 e. The molecule has 0 aromatic rings. The number of alkyl halides is 1. The standard InChI is InChI=1S/CH4FO4P/c2-1-6-7(3,4)5/h1H2,(H2,3,4,5)/p-2. The SMILES string of the molecule is O=P([O-])([O-])OCF. The minimum atomic E-state index is -5.04. The molecular formula is CH2FO4P-2. The molecule has 0 atom stereocenters. The molecule has 0 unspecified atom stereocenters. The van der Waals surface area contributed by atoms with E-state index >= 15 is 0 Å². The third kappa shape index (κ3) is 6.04. The van der Waals surface area contributed by atoms with Crippen LogP contribution in [0.1, 0.15) is 0 Å². The molecule has 0 fully saturated rings. The topological polar surface area (TPSA) is 72.4 Å². The summed E-state index contributed by atoms with van der Waals surface area (Å²) in [5.41, 5.74) is 0. The zero-order chi connectivity index (χ0) is 5.91. The van der Waals surface area contributed by atoms with Crippen molar-refractivity contribution in [1.82, 2.24) is 0 Å². The molecule has 0 saturated carbocycles. The number of hydrogen-bond donors (Lipinski definition) is 0. The van der Waals surface area contributed by atoms with Gasteiger partial charge in [0.15, 0.2) is 6.86 Å². The molecule has 0 saturated heterocycles. The molecule has 0 aliphatic rings. The van der Waals surface area contributed by atoms with E-state index in [1.54, 1.807) is 0 Å². The Morgan fingerprint density at radius 3 is 2.14 bits per heavy atom. The molecule has 0 aromatic heterocycles. The number of phosphoric acid groups is 1. The second-order valence-corrected chi connectivity index (χ2v) is 1.84. The highest BCUT2D eigenvalue weighted by Gasteiger charge is 1.84. The van der Waals surface area contributed by atoms with Gasteiger partial charge in [0.1, 0.15) is 0 Å². The fourth-order valence-corrected chi connectivity index (χ4v) is 0.179. The molecule has 0 radical (unpaired) electrons. The molecule has 0 N–H and O–H groups in total. The Bertz CT molecular complexity index is 85.7. The van der Waals surface area contributed by atoms with Crippen LogP contribution in [0.15, 0.2) is 0 Å². The summed E-state index contributed by atoms with van der Waals surface area (Å²) < 4.78 is 22.9. The summed E-state index contributed by atoms with van der Waals surface area (Å²) in [6, 6.07) is 0. The molecule has 6 heteroatoms. The molecule has 0 amide bonds. The van der Waals surface area contributed by atoms with E-state index in [0.29, 0.717) is 0 Å². The molecule has 0 aliphatic heterocycles. The summed E-state index contributed by atoms with van der Waals surface area (Å²) >= 11 is 0. The molecule has 0 aromatic carbocycles. The molecule has 4 nitrogen and oxygen atoms in total. The van der Waals surface area contributed by atoms with Crippen LogP contribution in [0, 0.1) is 0 Å². The summed E-state index contributed by atoms with van der Waals surface area (Å²) in [5, 5.41) is 0. The van der Waals surface area contributed by atoms with Gasteiger partial charge in [0.2, 0.25) is 0 Å². The number of rotatable bonds is 2. The van der Waals surface area contributed by atoms with Crippen molar-refractivity contribution in [3.63, 3.8) is 0 Å². The average Bonchev–Trinajstić information content (AvgIpc) is 1.30. The van der Waals surface area contributed by atoms with E-state index in [2.05, 4.69) is 4.52 Å². The van der Waals surface area contributed by atoms with E-state index < -0.39 is 14.7 Å². The van der Waals surface area contributed by atoms with Gasteiger partial charge < -0.3 is 18.9 Å². The Morgan fingerprint density at radius 1 is 1.71 bits per heavy atom. The first-order chi connectivity index (χ1) is 3.06. The van der Waals surface area contributed by atoms with E-state index in [4.69, 9.17) is 0 Å². The van der Waals surface area contributed by atoms with E-state index in [0.717, 1.165) is 0 Å². The summed E-state index contributed by atoms with van der Waals surface area (Å²) in [6.45, 7) is -1.58. The Balaban J connectivity index is 3.36. The van der Waals surface area contributed by atoms with Gasteiger partial charge in [-0.2, -0.15) is 0 Å². The second-order valence-electron chi connectivity index (χ2n) is 0.685. The fraction of sp³-hybridized carbons (Fsp3) is 1.00. The Labute approximate surface area is 39.2 Å². The quantitative estimate of drug-likeness (QED) is 0.436. The maximum atomic E-state index is 10.7. The van der Waals surface area contributed by atoms with Crippen LogP contribution in [0.3, 0.4) is 0 Å². The van der Waals surface area contributed by atoms with E-state index in [1.165, 1.54) is 0 Å². The van der Waals surface area contributed by atoms with Gasteiger partial charge in [-0.1, -0.05) is 0 Å². The van der Waals surface area contributed by atoms with Crippen LogP contribution < -0.4 is 9.79 Å². The smallest absolute Gasteiger partial charge is 0.192 e. The van der Waals surface area contributed by atoms with Crippen LogP contribution in [-0.4, -0.2) is 6.86 Å². The van der Waals surface area contributed by atoms with Crippen molar-refractivity contribution in [2.45, 2.75) is 0 Å². The molecule has 0 aliphatic carbocycles. The van der Waals surface area contributed by atoms with Crippen molar-refractivity contribution in [2.75, 3.05) is 6.86 Å². The van der Waals surface area contributed by atoms with Crippen LogP contribution in [0.4, 0.5) is 4.39 Å². The first-order valence-corrected chi connectivity index (χ1v) is 2.75. The predicted octanol–water partition coefficient (Wildman–Crippen LogP) is -1.24. The normalized spacial score (nSPS) is 11.9. The van der Waals surface area contributed by atoms with Crippen LogP contribution in [0.25, 0.3) is 0 Å². The van der Waals surface area contributed by atoms with Crippen LogP contribution in [0.2, 0.25) is 0 Å². The lowest BCUT2D eigenvalue weighted by molar-refractivity contribution is -0.343. The van der Waals surface area contributed by atoms with Crippen LogP contribution >= 0.6 is 7.82 Å². The van der Waals surface area contributed by atoms with Crippen molar-refractivity contribution in [3.05, 3.63) is 0 Å². The van der Waals surface area contributed by atoms with Gasteiger partial charge >= 0.3 is 0 Å². The second kappa shape index (κ2) is 2.37. The number of hydrogen-bond acceptors (Lipinski definition) is 4. The van der Waals surface area contributed by atoms with Gasteiger partial charge in [-0.05, 0) is 0 Å². The lowest BCUT2D eigenvalue weighted by Gasteiger charge is -2.26. The Kier molecular flexibility index (Phi) is 2.39. The minimum Gasteiger partial charge on any atom is -0.790 e. The van der Waals surface area contributed by atoms with Gasteiger partial charge in [-0.15, -0.1) is 0 Å². The van der Waals surface area contributed by atoms with Crippen molar-refractivity contribution >= 4 is 7.82 Å². The summed E-state index contributed by atoms with van der Waals surface area (Å²) in [7, 11) is -5.04. The molecule has 7 heavy (non-hydrogen) atoms. The number of phosphoric ester groups is 1. The summed E-state index contributed by atoms with van der Waals surface area (Å²) in [4.78, 5) is 18.5. The lowest BCUT2D eigenvalue weighted by Crippen LogP contribution is -2.15. The third-order valence-corrected chi connectivity index (χ3v) is 0.621. The largest absolute Gasteiger partial charge is 0.790 e. The monoisotopic (exact) mass is 128 g/mol. The predicted molar refractivity (Wildman–Crippen MR) is 14.7 cm³/mol. The van der Waals surface area contributed by atoms with Crippen molar-refractivity contribution < 1.29 is 23.3 Å². The third-order valence-electron chi connectivity index (χ3n) is 0.207. The first kappa shape index (κ1) is 7.04. The molecule has 0 rings (SSSR count). The van der Waals surface area contributed by atoms with Crippen LogP contribution in [-0.2, 0) is 9.09 Å². The summed E-state index contributed by atoms with van der Waals surface area (Å²) in [5.74, 6) is 0. The van der Waals surface area contributed by atoms with Crippen molar-refractivity contribution in [3.8, 4) is 0 Å². The fourth-order valence-electron chi connectivity index (χ4n) is 0.0598. The average molecular weight is 128 g/mol. The minimum absolute atomic E-state index is 1.58. The van der Waals surface area contributed by atoms with Gasteiger partial charge in [-0.3, -0.25) is 0 Å². The number of halogens is 1. The maximum absolute atomic E-state index is 10.7. The van der Waals surface area contributed by atoms with E-state index in [9.17, 15) is 18.7 Å². The lowest BCUT2D eigenvalue weighted by atomic mass is 11.6.